The van der Waals surface area contributed by atoms with Crippen molar-refractivity contribution in [3.8, 4) is 11.5 Å². The lowest BCUT2D eigenvalue weighted by Gasteiger charge is -2.34. The van der Waals surface area contributed by atoms with E-state index in [1.54, 1.807) is 10.7 Å². The normalized spacial score (nSPS) is 16.3. The van der Waals surface area contributed by atoms with Gasteiger partial charge >= 0.3 is 0 Å². The predicted molar refractivity (Wildman–Crippen MR) is 82.7 cm³/mol. The third-order valence-corrected chi connectivity index (χ3v) is 4.19. The molecule has 1 saturated carbocycles. The first kappa shape index (κ1) is 14.9. The van der Waals surface area contributed by atoms with Gasteiger partial charge in [-0.3, -0.25) is 0 Å². The Morgan fingerprint density at radius 1 is 1.32 bits per heavy atom. The Balaban J connectivity index is 0.00000144. The van der Waals surface area contributed by atoms with Gasteiger partial charge < -0.3 is 10.3 Å². The summed E-state index contributed by atoms with van der Waals surface area (Å²) in [6, 6.07) is 1.93. The van der Waals surface area contributed by atoms with Gasteiger partial charge in [0.25, 0.3) is 5.89 Å². The zero-order chi connectivity index (χ0) is 14.6. The van der Waals surface area contributed by atoms with Crippen molar-refractivity contribution in [1.82, 2.24) is 24.7 Å². The lowest BCUT2D eigenvalue weighted by Crippen LogP contribution is -2.44. The number of nitrogens with zero attached hydrogens (tertiary/aromatic N) is 5. The molecule has 3 aromatic heterocycles. The number of aromatic nitrogens is 5. The maximum absolute atomic E-state index is 6.23. The van der Waals surface area contributed by atoms with Gasteiger partial charge in [0.15, 0.2) is 11.5 Å². The minimum absolute atomic E-state index is 0. The van der Waals surface area contributed by atoms with Gasteiger partial charge in [0, 0.05) is 12.3 Å². The summed E-state index contributed by atoms with van der Waals surface area (Å²) in [4.78, 5) is 8.85. The van der Waals surface area contributed by atoms with Gasteiger partial charge in [-0.25, -0.2) is 9.50 Å². The molecule has 0 spiro atoms. The highest BCUT2D eigenvalue weighted by atomic mass is 35.5. The Hall–Kier alpha value is -1.99. The van der Waals surface area contributed by atoms with Crippen LogP contribution in [0.1, 0.15) is 36.5 Å². The molecule has 1 fully saturated rings. The average molecular weight is 321 g/mol. The van der Waals surface area contributed by atoms with Crippen molar-refractivity contribution in [2.45, 2.75) is 38.6 Å². The summed E-state index contributed by atoms with van der Waals surface area (Å²) in [5, 5.41) is 8.47. The highest BCUT2D eigenvalue weighted by Crippen LogP contribution is 2.37. The molecule has 1 aliphatic carbocycles. The summed E-state index contributed by atoms with van der Waals surface area (Å²) < 4.78 is 7.17. The number of halogens is 1. The van der Waals surface area contributed by atoms with E-state index in [2.05, 4.69) is 20.2 Å². The van der Waals surface area contributed by atoms with Crippen LogP contribution in [0.4, 0.5) is 0 Å². The number of fused-ring (bicyclic) bond motifs is 1. The van der Waals surface area contributed by atoms with Crippen LogP contribution in [-0.2, 0) is 5.54 Å². The van der Waals surface area contributed by atoms with Crippen molar-refractivity contribution < 1.29 is 4.52 Å². The van der Waals surface area contributed by atoms with Crippen molar-refractivity contribution in [1.29, 1.82) is 0 Å². The van der Waals surface area contributed by atoms with Crippen LogP contribution < -0.4 is 5.73 Å². The molecular weight excluding hydrogens is 304 g/mol. The zero-order valence-electron chi connectivity index (χ0n) is 12.4. The van der Waals surface area contributed by atoms with Gasteiger partial charge in [0.1, 0.15) is 0 Å². The molecule has 0 aliphatic heterocycles. The van der Waals surface area contributed by atoms with Crippen LogP contribution in [-0.4, -0.2) is 24.7 Å². The van der Waals surface area contributed by atoms with E-state index in [-0.39, 0.29) is 12.4 Å². The number of rotatable bonds is 2. The molecule has 1 aliphatic rings. The molecule has 4 rings (SSSR count). The molecule has 22 heavy (non-hydrogen) atoms. The van der Waals surface area contributed by atoms with E-state index < -0.39 is 5.54 Å². The second kappa shape index (κ2) is 5.03. The molecule has 116 valence electrons. The Morgan fingerprint density at radius 2 is 2.09 bits per heavy atom. The van der Waals surface area contributed by atoms with Crippen LogP contribution in [0, 0.1) is 13.8 Å². The second-order valence-corrected chi connectivity index (χ2v) is 5.75. The molecular formula is C14H17ClN6O. The lowest BCUT2D eigenvalue weighted by atomic mass is 9.77. The SMILES string of the molecule is Cc1cc2ncc(-c3nc(C4(N)CCC4)no3)c(C)n2n1.Cl. The highest BCUT2D eigenvalue weighted by Gasteiger charge is 2.39. The van der Waals surface area contributed by atoms with Crippen LogP contribution in [0.2, 0.25) is 0 Å². The maximum atomic E-state index is 6.23. The van der Waals surface area contributed by atoms with Gasteiger partial charge in [0.05, 0.1) is 22.5 Å². The molecule has 3 heterocycles. The van der Waals surface area contributed by atoms with E-state index in [9.17, 15) is 0 Å². The second-order valence-electron chi connectivity index (χ2n) is 5.75. The Kier molecular flexibility index (Phi) is 3.41. The monoisotopic (exact) mass is 320 g/mol. The van der Waals surface area contributed by atoms with Gasteiger partial charge in [-0.05, 0) is 33.1 Å². The van der Waals surface area contributed by atoms with E-state index in [0.717, 1.165) is 41.9 Å². The predicted octanol–water partition coefficient (Wildman–Crippen LogP) is 2.16. The Labute approximate surface area is 133 Å². The summed E-state index contributed by atoms with van der Waals surface area (Å²) in [6.45, 7) is 3.90. The summed E-state index contributed by atoms with van der Waals surface area (Å²) in [5.74, 6) is 1.03. The van der Waals surface area contributed by atoms with Gasteiger partial charge in [0.2, 0.25) is 0 Å². The van der Waals surface area contributed by atoms with Gasteiger partial charge in [-0.2, -0.15) is 10.1 Å². The maximum Gasteiger partial charge on any atom is 0.261 e. The molecule has 7 nitrogen and oxygen atoms in total. The standard InChI is InChI=1S/C14H16N6O.ClH/c1-8-6-11-16-7-10(9(2)20(11)18-8)12-17-13(19-21-12)14(15)4-3-5-14;/h6-7H,3-5,15H2,1-2H3;1H. The molecule has 0 radical (unpaired) electrons. The van der Waals surface area contributed by atoms with Crippen LogP contribution in [0.5, 0.6) is 0 Å². The minimum Gasteiger partial charge on any atom is -0.334 e. The van der Waals surface area contributed by atoms with E-state index in [1.165, 1.54) is 0 Å². The molecule has 0 unspecified atom stereocenters. The summed E-state index contributed by atoms with van der Waals surface area (Å²) in [6.07, 6.45) is 4.66. The molecule has 0 atom stereocenters. The smallest absolute Gasteiger partial charge is 0.261 e. The van der Waals surface area contributed by atoms with Crippen molar-refractivity contribution >= 4 is 18.1 Å². The van der Waals surface area contributed by atoms with Crippen LogP contribution in [0.15, 0.2) is 16.8 Å². The average Bonchev–Trinajstić information content (AvgIpc) is 3.03. The van der Waals surface area contributed by atoms with Crippen molar-refractivity contribution in [2.24, 2.45) is 5.73 Å². The van der Waals surface area contributed by atoms with Gasteiger partial charge in [-0.1, -0.05) is 5.16 Å². The fourth-order valence-corrected chi connectivity index (χ4v) is 2.69. The molecule has 2 N–H and O–H groups in total. The molecule has 8 heteroatoms. The topological polar surface area (TPSA) is 95.1 Å². The Bertz CT molecular complexity index is 835. The minimum atomic E-state index is -0.421. The van der Waals surface area contributed by atoms with E-state index in [0.29, 0.717) is 11.7 Å². The quantitative estimate of drug-likeness (QED) is 0.777. The lowest BCUT2D eigenvalue weighted by molar-refractivity contribution is 0.229. The first-order valence-corrected chi connectivity index (χ1v) is 7.02. The van der Waals surface area contributed by atoms with E-state index >= 15 is 0 Å². The first-order chi connectivity index (χ1) is 10.1. The zero-order valence-corrected chi connectivity index (χ0v) is 13.2. The number of nitrogens with two attached hydrogens (primary N) is 1. The molecule has 0 bridgehead atoms. The van der Waals surface area contributed by atoms with Crippen molar-refractivity contribution in [2.75, 3.05) is 0 Å². The third kappa shape index (κ3) is 2.08. The molecule has 0 amide bonds. The molecule has 0 saturated heterocycles. The highest BCUT2D eigenvalue weighted by molar-refractivity contribution is 5.85. The summed E-state index contributed by atoms with van der Waals surface area (Å²) in [7, 11) is 0. The number of hydrogen-bond acceptors (Lipinski definition) is 6. The van der Waals surface area contributed by atoms with Crippen LogP contribution in [0.25, 0.3) is 17.1 Å². The fraction of sp³-hybridized carbons (Fsp3) is 0.429. The summed E-state index contributed by atoms with van der Waals surface area (Å²) >= 11 is 0. The molecule has 3 aromatic rings. The van der Waals surface area contributed by atoms with Crippen LogP contribution >= 0.6 is 12.4 Å². The van der Waals surface area contributed by atoms with Crippen molar-refractivity contribution in [3.63, 3.8) is 0 Å². The fourth-order valence-electron chi connectivity index (χ4n) is 2.69. The van der Waals surface area contributed by atoms with Crippen molar-refractivity contribution in [3.05, 3.63) is 29.5 Å². The third-order valence-electron chi connectivity index (χ3n) is 4.19. The Morgan fingerprint density at radius 3 is 2.77 bits per heavy atom. The van der Waals surface area contributed by atoms with Gasteiger partial charge in [-0.15, -0.1) is 12.4 Å². The largest absolute Gasteiger partial charge is 0.334 e. The molecule has 0 aromatic carbocycles. The van der Waals surface area contributed by atoms with E-state index in [4.69, 9.17) is 10.3 Å². The number of aryl methyl sites for hydroxylation is 2. The first-order valence-electron chi connectivity index (χ1n) is 7.02. The number of hydrogen-bond donors (Lipinski definition) is 1. The van der Waals surface area contributed by atoms with E-state index in [1.807, 2.05) is 19.9 Å². The van der Waals surface area contributed by atoms with Crippen LogP contribution in [0.3, 0.4) is 0 Å². The summed E-state index contributed by atoms with van der Waals surface area (Å²) in [5.41, 5.74) is 9.24.